The van der Waals surface area contributed by atoms with Crippen LogP contribution in [-0.2, 0) is 15.9 Å². The molecule has 3 heterocycles. The second-order valence-electron chi connectivity index (χ2n) is 10.6. The molecule has 4 atom stereocenters. The first-order valence-electron chi connectivity index (χ1n) is 12.6. The van der Waals surface area contributed by atoms with E-state index >= 15 is 0 Å². The summed E-state index contributed by atoms with van der Waals surface area (Å²) < 4.78 is 16.7. The second-order valence-corrected chi connectivity index (χ2v) is 11.6. The summed E-state index contributed by atoms with van der Waals surface area (Å²) in [6, 6.07) is -0.187. The van der Waals surface area contributed by atoms with Gasteiger partial charge in [0, 0.05) is 42.1 Å². The van der Waals surface area contributed by atoms with Crippen LogP contribution in [0.2, 0.25) is 0 Å². The van der Waals surface area contributed by atoms with Crippen LogP contribution in [0.15, 0.2) is 6.08 Å². The number of thiazole rings is 1. The normalized spacial score (nSPS) is 26.4. The summed E-state index contributed by atoms with van der Waals surface area (Å²) in [6.45, 7) is 10.9. The lowest BCUT2D eigenvalue weighted by Gasteiger charge is -2.30. The molecule has 0 spiro atoms. The Bertz CT molecular complexity index is 1130. The molecule has 4 unspecified atom stereocenters. The molecule has 0 amide bonds. The highest BCUT2D eigenvalue weighted by Gasteiger charge is 2.52. The summed E-state index contributed by atoms with van der Waals surface area (Å²) in [4.78, 5) is 15.7. The van der Waals surface area contributed by atoms with Gasteiger partial charge in [-0.25, -0.2) is 17.1 Å². The van der Waals surface area contributed by atoms with Crippen LogP contribution < -0.4 is 5.32 Å². The third-order valence-corrected chi connectivity index (χ3v) is 7.90. The van der Waals surface area contributed by atoms with Crippen molar-refractivity contribution in [2.45, 2.75) is 71.5 Å². The Labute approximate surface area is 216 Å². The molecular weight excluding hydrogens is 478 g/mol. The molecule has 2 fully saturated rings. The molecule has 5 rings (SSSR count). The summed E-state index contributed by atoms with van der Waals surface area (Å²) in [5.41, 5.74) is 2.68. The molecule has 0 aromatic carbocycles. The van der Waals surface area contributed by atoms with E-state index in [9.17, 15) is 5.11 Å². The first-order chi connectivity index (χ1) is 17.2. The maximum Gasteiger partial charge on any atom is 0.231 e. The van der Waals surface area contributed by atoms with Crippen LogP contribution in [0.3, 0.4) is 0 Å². The Morgan fingerprint density at radius 1 is 1.25 bits per heavy atom. The molecule has 0 bridgehead atoms. The Morgan fingerprint density at radius 3 is 2.75 bits per heavy atom. The number of nitrogens with zero attached hydrogens (tertiary/aromatic N) is 4. The van der Waals surface area contributed by atoms with Crippen LogP contribution in [0.5, 0.6) is 0 Å². The number of ether oxygens (including phenoxy) is 3. The largest absolute Gasteiger partial charge is 0.492 e. The van der Waals surface area contributed by atoms with Gasteiger partial charge < -0.3 is 34.9 Å². The number of nitrogens with one attached hydrogen (secondary N) is 1. The van der Waals surface area contributed by atoms with Gasteiger partial charge in [0.25, 0.3) is 0 Å². The summed E-state index contributed by atoms with van der Waals surface area (Å²) in [5, 5.41) is 19.4. The topological polar surface area (TPSA) is 116 Å². The molecule has 2 aliphatic carbocycles. The van der Waals surface area contributed by atoms with E-state index in [0.29, 0.717) is 30.5 Å². The number of aryl methyl sites for hydroxylation is 1. The van der Waals surface area contributed by atoms with Crippen molar-refractivity contribution in [1.82, 2.24) is 15.0 Å². The molecule has 0 radical (unpaired) electrons. The Balaban J connectivity index is 1.51. The van der Waals surface area contributed by atoms with Gasteiger partial charge in [-0.05, 0) is 45.6 Å². The number of aromatic nitrogens is 3. The van der Waals surface area contributed by atoms with Gasteiger partial charge >= 0.3 is 0 Å². The van der Waals surface area contributed by atoms with Gasteiger partial charge in [-0.1, -0.05) is 19.7 Å². The van der Waals surface area contributed by atoms with Crippen molar-refractivity contribution in [3.63, 3.8) is 0 Å². The van der Waals surface area contributed by atoms with Crippen molar-refractivity contribution in [3.05, 3.63) is 33.8 Å². The summed E-state index contributed by atoms with van der Waals surface area (Å²) >= 11 is 1.63. The fraction of sp³-hybridized carbons (Fsp3) is 0.615. The molecule has 36 heavy (non-hydrogen) atoms. The van der Waals surface area contributed by atoms with Crippen molar-refractivity contribution >= 4 is 29.2 Å². The standard InChI is InChI=1S/C26H36N5O4S/c1-13(2)11-27-25-28-14(3)20(24-30-17-10-16(33-6)7-8-19(17)36-24)23(31-25)29-18-9-15(12-32)21-22(18)35-26(4,5)34-21/h7-8,13,15,18,21-22,32-33H,9-12H2,1-6H3,(H-,27,28,29,31)/q-1. The van der Waals surface area contributed by atoms with E-state index in [1.165, 1.54) is 0 Å². The number of hydrogen-bond acceptors (Lipinski definition) is 7. The van der Waals surface area contributed by atoms with Gasteiger partial charge in [0.05, 0.1) is 17.1 Å². The number of rotatable bonds is 8. The molecule has 10 heteroatoms. The first-order valence-corrected chi connectivity index (χ1v) is 13.4. The number of fused-ring (bicyclic) bond motifs is 2. The van der Waals surface area contributed by atoms with Gasteiger partial charge in [-0.2, -0.15) is 0 Å². The molecule has 1 saturated carbocycles. The van der Waals surface area contributed by atoms with E-state index in [-0.39, 0.29) is 30.8 Å². The van der Waals surface area contributed by atoms with E-state index in [4.69, 9.17) is 29.7 Å². The number of aliphatic hydroxyl groups excluding tert-OH is 1. The average Bonchev–Trinajstić information content (AvgIpc) is 3.47. The van der Waals surface area contributed by atoms with Crippen molar-refractivity contribution < 1.29 is 19.3 Å². The minimum atomic E-state index is -0.704. The number of aliphatic hydroxyl groups is 3. The summed E-state index contributed by atoms with van der Waals surface area (Å²) in [7, 11) is 1.81. The third kappa shape index (κ3) is 4.97. The number of hydrogen-bond donors (Lipinski definition) is 2. The first kappa shape index (κ1) is 25.4. The summed E-state index contributed by atoms with van der Waals surface area (Å²) in [6.07, 6.45) is 6.10. The highest BCUT2D eigenvalue weighted by Crippen LogP contribution is 2.48. The van der Waals surface area contributed by atoms with Gasteiger partial charge in [0.15, 0.2) is 5.79 Å². The van der Waals surface area contributed by atoms with Gasteiger partial charge in [-0.15, -0.1) is 0 Å². The van der Waals surface area contributed by atoms with E-state index in [1.807, 2.05) is 26.8 Å². The predicted molar refractivity (Wildman–Crippen MR) is 141 cm³/mol. The van der Waals surface area contributed by atoms with E-state index in [2.05, 4.69) is 30.0 Å². The molecule has 9 nitrogen and oxygen atoms in total. The van der Waals surface area contributed by atoms with Crippen molar-refractivity contribution in [2.75, 3.05) is 25.6 Å². The lowest BCUT2D eigenvalue weighted by Crippen LogP contribution is -2.28. The highest BCUT2D eigenvalue weighted by molar-refractivity contribution is 7.16. The van der Waals surface area contributed by atoms with Gasteiger partial charge in [0.2, 0.25) is 5.01 Å². The van der Waals surface area contributed by atoms with Crippen LogP contribution in [0.4, 0.5) is 11.8 Å². The van der Waals surface area contributed by atoms with Crippen LogP contribution in [0, 0.1) is 24.9 Å². The lowest BCUT2D eigenvalue weighted by atomic mass is 10.1. The smallest absolute Gasteiger partial charge is 0.231 e. The Morgan fingerprint density at radius 2 is 2.03 bits per heavy atom. The minimum absolute atomic E-state index is 0.0282. The van der Waals surface area contributed by atoms with Gasteiger partial charge in [-0.3, -0.25) is 4.98 Å². The monoisotopic (exact) mass is 514 g/mol. The van der Waals surface area contributed by atoms with Crippen molar-refractivity contribution in [2.24, 2.45) is 11.8 Å². The fourth-order valence-electron chi connectivity index (χ4n) is 5.08. The van der Waals surface area contributed by atoms with Crippen LogP contribution in [0.25, 0.3) is 22.0 Å². The van der Waals surface area contributed by atoms with E-state index < -0.39 is 5.79 Å². The quantitative estimate of drug-likeness (QED) is 0.402. The Kier molecular flexibility index (Phi) is 6.99. The number of anilines is 1. The maximum atomic E-state index is 10.0. The molecule has 1 saturated heterocycles. The molecule has 196 valence electrons. The van der Waals surface area contributed by atoms with E-state index in [0.717, 1.165) is 39.5 Å². The lowest BCUT2D eigenvalue weighted by molar-refractivity contribution is -0.158. The van der Waals surface area contributed by atoms with Crippen LogP contribution >= 0.6 is 11.3 Å². The zero-order valence-corrected chi connectivity index (χ0v) is 22.6. The molecular formula is C26H36N5O4S-. The molecule has 3 aliphatic rings. The third-order valence-electron chi connectivity index (χ3n) is 6.82. The zero-order chi connectivity index (χ0) is 25.6. The molecule has 2 aromatic heterocycles. The highest BCUT2D eigenvalue weighted by atomic mass is 32.1. The SMILES string of the molecule is C[OH+][C-]1C=C[c-]2[s+]c(-c3c(C)nc(NCC(C)C)nc3[N-]C3CC(CO)C4OC(C)(C)OC34)nc2C1. The second kappa shape index (κ2) is 9.90. The van der Waals surface area contributed by atoms with Gasteiger partial charge in [0.1, 0.15) is 24.4 Å². The maximum absolute atomic E-state index is 10.0. The fourth-order valence-corrected chi connectivity index (χ4v) is 6.16. The molecule has 1 aliphatic heterocycles. The molecule has 3 N–H and O–H groups in total. The predicted octanol–water partition coefficient (Wildman–Crippen LogP) is 4.14. The molecule has 2 aromatic rings. The Hall–Kier alpha value is -2.24. The van der Waals surface area contributed by atoms with E-state index in [1.54, 1.807) is 18.4 Å². The van der Waals surface area contributed by atoms with Crippen molar-refractivity contribution in [1.29, 1.82) is 0 Å². The average molecular weight is 515 g/mol. The zero-order valence-electron chi connectivity index (χ0n) is 21.8. The van der Waals surface area contributed by atoms with Crippen molar-refractivity contribution in [3.8, 4) is 10.6 Å². The summed E-state index contributed by atoms with van der Waals surface area (Å²) in [5.74, 6) is 0.879. The minimum Gasteiger partial charge on any atom is -0.492 e. The van der Waals surface area contributed by atoms with Crippen LogP contribution in [0.1, 0.15) is 50.4 Å². The van der Waals surface area contributed by atoms with Crippen LogP contribution in [-0.4, -0.2) is 69.1 Å².